The van der Waals surface area contributed by atoms with Gasteiger partial charge in [-0.25, -0.2) is 0 Å². The van der Waals surface area contributed by atoms with Crippen molar-refractivity contribution in [2.75, 3.05) is 25.7 Å². The molecular formula is C14H30O3Si2. The van der Waals surface area contributed by atoms with Crippen LogP contribution in [0.15, 0.2) is 24.3 Å². The van der Waals surface area contributed by atoms with Gasteiger partial charge in [0, 0.05) is 0 Å². The summed E-state index contributed by atoms with van der Waals surface area (Å²) in [7, 11) is -3.57. The molecule has 0 rings (SSSR count). The average molecular weight is 303 g/mol. The standard InChI is InChI=1S/C14H30O3Si2/c1-13(2)9-15-11-18(5,6)17-19(7,8)12-16-10-14(3)4/h1,3,9-12H2,2,4-8H3. The third kappa shape index (κ3) is 11.3. The molecule has 0 heterocycles. The highest BCUT2D eigenvalue weighted by molar-refractivity contribution is 6.84. The summed E-state index contributed by atoms with van der Waals surface area (Å²) in [4.78, 5) is 0. The molecule has 5 heteroatoms. The highest BCUT2D eigenvalue weighted by atomic mass is 28.4. The molecule has 0 spiro atoms. The van der Waals surface area contributed by atoms with Crippen LogP contribution >= 0.6 is 0 Å². The van der Waals surface area contributed by atoms with E-state index in [1.165, 1.54) is 0 Å². The van der Waals surface area contributed by atoms with Crippen molar-refractivity contribution < 1.29 is 13.6 Å². The zero-order valence-electron chi connectivity index (χ0n) is 13.5. The molecule has 0 aliphatic carbocycles. The summed E-state index contributed by atoms with van der Waals surface area (Å²) in [6.45, 7) is 21.6. The van der Waals surface area contributed by atoms with E-state index in [-0.39, 0.29) is 0 Å². The molecule has 0 N–H and O–H groups in total. The smallest absolute Gasteiger partial charge is 0.199 e. The van der Waals surface area contributed by atoms with Crippen LogP contribution < -0.4 is 0 Å². The Hall–Kier alpha value is -0.206. The number of rotatable bonds is 10. The van der Waals surface area contributed by atoms with E-state index in [4.69, 9.17) is 13.6 Å². The summed E-state index contributed by atoms with van der Waals surface area (Å²) in [5.74, 6) is 0. The van der Waals surface area contributed by atoms with Gasteiger partial charge in [-0.2, -0.15) is 0 Å². The van der Waals surface area contributed by atoms with Gasteiger partial charge in [0.1, 0.15) is 0 Å². The maximum absolute atomic E-state index is 6.36. The van der Waals surface area contributed by atoms with Crippen LogP contribution in [0.25, 0.3) is 0 Å². The van der Waals surface area contributed by atoms with Crippen LogP contribution in [0.1, 0.15) is 13.8 Å². The minimum absolute atomic E-state index is 0.619. The molecule has 19 heavy (non-hydrogen) atoms. The number of ether oxygens (including phenoxy) is 2. The van der Waals surface area contributed by atoms with E-state index in [1.807, 2.05) is 13.8 Å². The lowest BCUT2D eigenvalue weighted by Gasteiger charge is -2.33. The monoisotopic (exact) mass is 302 g/mol. The van der Waals surface area contributed by atoms with Gasteiger partial charge in [-0.1, -0.05) is 24.3 Å². The Balaban J connectivity index is 4.13. The molecule has 0 radical (unpaired) electrons. The van der Waals surface area contributed by atoms with Crippen LogP contribution in [0, 0.1) is 0 Å². The van der Waals surface area contributed by atoms with Gasteiger partial charge in [0.2, 0.25) is 0 Å². The molecule has 0 aliphatic rings. The third-order valence-corrected chi connectivity index (χ3v) is 8.37. The lowest BCUT2D eigenvalue weighted by atomic mass is 10.4. The summed E-state index contributed by atoms with van der Waals surface area (Å²) in [6, 6.07) is 0. The number of hydrogen-bond acceptors (Lipinski definition) is 3. The molecule has 0 amide bonds. The highest BCUT2D eigenvalue weighted by Gasteiger charge is 2.33. The van der Waals surface area contributed by atoms with E-state index >= 15 is 0 Å². The van der Waals surface area contributed by atoms with Crippen molar-refractivity contribution in [1.29, 1.82) is 0 Å². The fourth-order valence-electron chi connectivity index (χ4n) is 1.75. The molecule has 0 saturated carbocycles. The van der Waals surface area contributed by atoms with Crippen LogP contribution in [-0.4, -0.2) is 42.3 Å². The van der Waals surface area contributed by atoms with E-state index < -0.39 is 16.6 Å². The first-order valence-electron chi connectivity index (χ1n) is 6.68. The Kier molecular flexibility index (Phi) is 8.07. The van der Waals surface area contributed by atoms with E-state index in [9.17, 15) is 0 Å². The summed E-state index contributed by atoms with van der Waals surface area (Å²) in [5, 5.41) is 0. The normalized spacial score (nSPS) is 12.5. The fourth-order valence-corrected chi connectivity index (χ4v) is 9.39. The summed E-state index contributed by atoms with van der Waals surface area (Å²) < 4.78 is 17.7. The minimum Gasteiger partial charge on any atom is -0.453 e. The Bertz CT molecular complexity index is 282. The van der Waals surface area contributed by atoms with Gasteiger partial charge in [0.05, 0.1) is 25.7 Å². The molecule has 0 aromatic carbocycles. The molecule has 0 bridgehead atoms. The van der Waals surface area contributed by atoms with Gasteiger partial charge < -0.3 is 13.6 Å². The predicted molar refractivity (Wildman–Crippen MR) is 87.3 cm³/mol. The van der Waals surface area contributed by atoms with E-state index in [0.717, 1.165) is 11.1 Å². The zero-order chi connectivity index (χ0) is 15.1. The Morgan fingerprint density at radius 1 is 0.789 bits per heavy atom. The van der Waals surface area contributed by atoms with Gasteiger partial charge in [0.15, 0.2) is 16.6 Å². The second-order valence-corrected chi connectivity index (χ2v) is 15.0. The van der Waals surface area contributed by atoms with Gasteiger partial charge in [-0.3, -0.25) is 0 Å². The van der Waals surface area contributed by atoms with Crippen molar-refractivity contribution >= 4 is 16.6 Å². The van der Waals surface area contributed by atoms with Gasteiger partial charge in [-0.15, -0.1) is 0 Å². The predicted octanol–water partition coefficient (Wildman–Crippen LogP) is 3.68. The number of hydrogen-bond donors (Lipinski definition) is 0. The van der Waals surface area contributed by atoms with E-state index in [0.29, 0.717) is 25.7 Å². The van der Waals surface area contributed by atoms with Gasteiger partial charge in [0.25, 0.3) is 0 Å². The van der Waals surface area contributed by atoms with E-state index in [1.54, 1.807) is 0 Å². The van der Waals surface area contributed by atoms with Crippen LogP contribution in [0.2, 0.25) is 26.2 Å². The lowest BCUT2D eigenvalue weighted by Crippen LogP contribution is -2.50. The molecule has 3 nitrogen and oxygen atoms in total. The zero-order valence-corrected chi connectivity index (χ0v) is 15.5. The summed E-state index contributed by atoms with van der Waals surface area (Å²) >= 11 is 0. The fraction of sp³-hybridized carbons (Fsp3) is 0.714. The largest absolute Gasteiger partial charge is 0.453 e. The van der Waals surface area contributed by atoms with Crippen molar-refractivity contribution in [1.82, 2.24) is 0 Å². The molecule has 0 atom stereocenters. The molecule has 112 valence electrons. The van der Waals surface area contributed by atoms with Crippen molar-refractivity contribution in [3.05, 3.63) is 24.3 Å². The quantitative estimate of drug-likeness (QED) is 0.455. The van der Waals surface area contributed by atoms with E-state index in [2.05, 4.69) is 39.3 Å². The summed E-state index contributed by atoms with van der Waals surface area (Å²) in [5.41, 5.74) is 2.09. The van der Waals surface area contributed by atoms with Crippen molar-refractivity contribution in [2.24, 2.45) is 0 Å². The van der Waals surface area contributed by atoms with Gasteiger partial charge in [-0.05, 0) is 40.0 Å². The molecule has 0 saturated heterocycles. The second-order valence-electron chi connectivity index (χ2n) is 6.52. The Labute approximate surface area is 120 Å². The first kappa shape index (κ1) is 18.8. The second kappa shape index (κ2) is 8.16. The SMILES string of the molecule is C=C(C)COC[Si](C)(C)O[Si](C)(C)COCC(=C)C. The molecule has 0 aromatic rings. The van der Waals surface area contributed by atoms with Crippen LogP contribution in [0.3, 0.4) is 0 Å². The first-order chi connectivity index (χ1) is 8.54. The topological polar surface area (TPSA) is 27.7 Å². The van der Waals surface area contributed by atoms with Crippen LogP contribution in [-0.2, 0) is 13.6 Å². The molecular weight excluding hydrogens is 272 g/mol. The Morgan fingerprint density at radius 2 is 1.11 bits per heavy atom. The van der Waals surface area contributed by atoms with Crippen molar-refractivity contribution in [2.45, 2.75) is 40.0 Å². The first-order valence-corrected chi connectivity index (χ1v) is 12.9. The van der Waals surface area contributed by atoms with Crippen LogP contribution in [0.5, 0.6) is 0 Å². The average Bonchev–Trinajstić information content (AvgIpc) is 2.12. The van der Waals surface area contributed by atoms with Gasteiger partial charge >= 0.3 is 0 Å². The highest BCUT2D eigenvalue weighted by Crippen LogP contribution is 2.15. The molecule has 0 aromatic heterocycles. The Morgan fingerprint density at radius 3 is 1.37 bits per heavy atom. The molecule has 0 unspecified atom stereocenters. The summed E-state index contributed by atoms with van der Waals surface area (Å²) in [6.07, 6.45) is 1.41. The molecule has 0 fully saturated rings. The van der Waals surface area contributed by atoms with Crippen molar-refractivity contribution in [3.63, 3.8) is 0 Å². The van der Waals surface area contributed by atoms with Crippen molar-refractivity contribution in [3.8, 4) is 0 Å². The minimum atomic E-state index is -1.79. The maximum atomic E-state index is 6.36. The lowest BCUT2D eigenvalue weighted by molar-refractivity contribution is 0.177. The third-order valence-electron chi connectivity index (χ3n) is 2.15. The maximum Gasteiger partial charge on any atom is 0.199 e. The molecule has 0 aliphatic heterocycles. The van der Waals surface area contributed by atoms with Crippen LogP contribution in [0.4, 0.5) is 0 Å².